The van der Waals surface area contributed by atoms with Crippen molar-refractivity contribution >= 4 is 39.5 Å². The van der Waals surface area contributed by atoms with Crippen molar-refractivity contribution in [2.24, 2.45) is 0 Å². The molecule has 0 rings (SSSR count). The zero-order chi connectivity index (χ0) is 76.0. The average Bonchev–Trinajstić information content (AvgIpc) is 0.931. The maximum absolute atomic E-state index is 13.1. The van der Waals surface area contributed by atoms with E-state index < -0.39 is 97.5 Å². The first-order valence-electron chi connectivity index (χ1n) is 40.8. The lowest BCUT2D eigenvalue weighted by molar-refractivity contribution is -0.161. The van der Waals surface area contributed by atoms with Crippen molar-refractivity contribution in [1.29, 1.82) is 0 Å². The van der Waals surface area contributed by atoms with Crippen LogP contribution in [0.15, 0.2) is 122 Å². The standard InChI is InChI=1S/C85H146O17P2/c1-5-9-13-17-21-25-29-32-35-37-39-41-44-46-50-53-57-61-65-69-82(87)95-75-80(101-84(89)71-67-63-59-55-49-28-24-20-16-12-8-4)77-99-103(91,92)97-73-79(86)74-98-104(93,94)100-78-81(102-85(90)72-68-64-60-56-52-48-43-34-31-27-23-19-15-11-7-3)76-96-83(88)70-66-62-58-54-51-47-45-42-40-38-36-33-30-26-22-18-14-10-6-2/h9,11,13,15,21-23,25-27,32-36,39-43,79-81,86H,5-8,10,12,14,16-20,24,28-31,37-38,44-78H2,1-4H3,(H,91,92)(H,93,94)/b13-9-,15-11-,25-21-,26-22-,27-23-,35-32-,36-33-,41-39-,42-40-,43-34-. The summed E-state index contributed by atoms with van der Waals surface area (Å²) in [5.41, 5.74) is 0. The Kier molecular flexibility index (Phi) is 73.3. The normalized spacial score (nSPS) is 14.5. The van der Waals surface area contributed by atoms with Gasteiger partial charge in [-0.3, -0.25) is 37.3 Å². The Hall–Kier alpha value is -4.54. The highest BCUT2D eigenvalue weighted by Gasteiger charge is 2.30. The van der Waals surface area contributed by atoms with Crippen molar-refractivity contribution in [1.82, 2.24) is 0 Å². The van der Waals surface area contributed by atoms with Crippen LogP contribution in [-0.4, -0.2) is 96.7 Å². The topological polar surface area (TPSA) is 237 Å². The number of aliphatic hydroxyl groups excluding tert-OH is 1. The first-order chi connectivity index (χ1) is 50.7. The Morgan fingerprint density at radius 2 is 0.500 bits per heavy atom. The second-order valence-electron chi connectivity index (χ2n) is 27.0. The molecule has 17 nitrogen and oxygen atoms in total. The summed E-state index contributed by atoms with van der Waals surface area (Å²) in [6.45, 7) is 4.60. The van der Waals surface area contributed by atoms with E-state index in [1.807, 2.05) is 0 Å². The number of phosphoric acid groups is 2. The van der Waals surface area contributed by atoms with E-state index in [1.165, 1.54) is 57.8 Å². The summed E-state index contributed by atoms with van der Waals surface area (Å²) < 4.78 is 68.6. The van der Waals surface area contributed by atoms with Crippen molar-refractivity contribution in [2.75, 3.05) is 39.6 Å². The highest BCUT2D eigenvalue weighted by Crippen LogP contribution is 2.45. The summed E-state index contributed by atoms with van der Waals surface area (Å²) >= 11 is 0. The van der Waals surface area contributed by atoms with Gasteiger partial charge in [0, 0.05) is 25.7 Å². The molecule has 0 radical (unpaired) electrons. The van der Waals surface area contributed by atoms with Crippen molar-refractivity contribution in [3.8, 4) is 0 Å². The van der Waals surface area contributed by atoms with Crippen LogP contribution < -0.4 is 0 Å². The average molecular weight is 1500 g/mol. The third kappa shape index (κ3) is 75.7. The number of esters is 4. The van der Waals surface area contributed by atoms with Crippen LogP contribution >= 0.6 is 15.6 Å². The number of hydrogen-bond acceptors (Lipinski definition) is 15. The molecule has 0 heterocycles. The van der Waals surface area contributed by atoms with Crippen LogP contribution in [0, 0.1) is 0 Å². The number of ether oxygens (including phenoxy) is 4. The van der Waals surface area contributed by atoms with Crippen molar-refractivity contribution in [3.63, 3.8) is 0 Å². The van der Waals surface area contributed by atoms with E-state index in [0.29, 0.717) is 25.7 Å². The predicted octanol–water partition coefficient (Wildman–Crippen LogP) is 23.9. The lowest BCUT2D eigenvalue weighted by Crippen LogP contribution is -2.30. The minimum Gasteiger partial charge on any atom is -0.462 e. The van der Waals surface area contributed by atoms with Crippen molar-refractivity contribution in [2.45, 2.75) is 354 Å². The SMILES string of the molecule is CC/C=C\C/C=C\C/C=C\C/C=C\CCCCCCCCC(=O)OCC(COP(=O)(O)OCC(O)COP(=O)(O)OCC(COC(=O)CCCCCCCC/C=C\C/C=C\C/C=C\CCCCC)OC(=O)CCCCCCC/C=C\C/C=C\C/C=C\CC)OC(=O)CCCCCCCCCCCCC. The molecule has 19 heteroatoms. The maximum atomic E-state index is 13.1. The van der Waals surface area contributed by atoms with E-state index in [1.54, 1.807) is 0 Å². The number of phosphoric ester groups is 2. The molecule has 0 fully saturated rings. The van der Waals surface area contributed by atoms with E-state index in [9.17, 15) is 43.2 Å². The smallest absolute Gasteiger partial charge is 0.462 e. The number of hydrogen-bond donors (Lipinski definition) is 3. The van der Waals surface area contributed by atoms with Crippen LogP contribution in [0.25, 0.3) is 0 Å². The molecule has 0 saturated heterocycles. The van der Waals surface area contributed by atoms with E-state index in [0.717, 1.165) is 199 Å². The van der Waals surface area contributed by atoms with Gasteiger partial charge in [0.2, 0.25) is 0 Å². The highest BCUT2D eigenvalue weighted by atomic mass is 31.2. The van der Waals surface area contributed by atoms with Gasteiger partial charge in [-0.15, -0.1) is 0 Å². The molecule has 0 aromatic carbocycles. The first-order valence-corrected chi connectivity index (χ1v) is 43.8. The number of carbonyl (C=O) groups is 4. The Labute approximate surface area is 632 Å². The molecular weight excluding hydrogens is 1350 g/mol. The van der Waals surface area contributed by atoms with Gasteiger partial charge in [-0.05, 0) is 135 Å². The molecule has 0 aromatic rings. The van der Waals surface area contributed by atoms with Gasteiger partial charge in [-0.25, -0.2) is 9.13 Å². The summed E-state index contributed by atoms with van der Waals surface area (Å²) in [5, 5.41) is 10.6. The zero-order valence-electron chi connectivity index (χ0n) is 65.4. The molecule has 0 aliphatic heterocycles. The van der Waals surface area contributed by atoms with Crippen LogP contribution in [0.5, 0.6) is 0 Å². The molecule has 0 spiro atoms. The monoisotopic (exact) mass is 1500 g/mol. The molecule has 0 amide bonds. The van der Waals surface area contributed by atoms with Gasteiger partial charge in [0.05, 0.1) is 26.4 Å². The molecule has 0 aliphatic carbocycles. The maximum Gasteiger partial charge on any atom is 0.472 e. The summed E-state index contributed by atoms with van der Waals surface area (Å²) in [6.07, 6.45) is 84.6. The van der Waals surface area contributed by atoms with Crippen LogP contribution in [-0.2, 0) is 65.4 Å². The van der Waals surface area contributed by atoms with Gasteiger partial charge in [-0.2, -0.15) is 0 Å². The second-order valence-corrected chi connectivity index (χ2v) is 29.9. The van der Waals surface area contributed by atoms with Gasteiger partial charge in [0.15, 0.2) is 12.2 Å². The van der Waals surface area contributed by atoms with Gasteiger partial charge in [0.1, 0.15) is 19.3 Å². The number of rotatable bonds is 76. The Morgan fingerprint density at radius 3 is 0.788 bits per heavy atom. The Balaban J connectivity index is 5.34. The van der Waals surface area contributed by atoms with E-state index in [4.69, 9.17) is 37.0 Å². The predicted molar refractivity (Wildman–Crippen MR) is 427 cm³/mol. The van der Waals surface area contributed by atoms with Gasteiger partial charge >= 0.3 is 39.5 Å². The lowest BCUT2D eigenvalue weighted by Gasteiger charge is -2.21. The van der Waals surface area contributed by atoms with Gasteiger partial charge in [-0.1, -0.05) is 297 Å². The number of aliphatic hydroxyl groups is 1. The number of allylic oxidation sites excluding steroid dienone is 20. The second kappa shape index (κ2) is 76.6. The van der Waals surface area contributed by atoms with Gasteiger partial charge < -0.3 is 33.8 Å². The van der Waals surface area contributed by atoms with E-state index >= 15 is 0 Å². The fourth-order valence-corrected chi connectivity index (χ4v) is 12.3. The van der Waals surface area contributed by atoms with Crippen LogP contribution in [0.1, 0.15) is 336 Å². The van der Waals surface area contributed by atoms with Crippen LogP contribution in [0.2, 0.25) is 0 Å². The fraction of sp³-hybridized carbons (Fsp3) is 0.718. The minimum absolute atomic E-state index is 0.0711. The minimum atomic E-state index is -4.99. The highest BCUT2D eigenvalue weighted by molar-refractivity contribution is 7.47. The largest absolute Gasteiger partial charge is 0.472 e. The third-order valence-corrected chi connectivity index (χ3v) is 18.8. The summed E-state index contributed by atoms with van der Waals surface area (Å²) in [7, 11) is -9.97. The third-order valence-electron chi connectivity index (χ3n) is 16.9. The van der Waals surface area contributed by atoms with Crippen molar-refractivity contribution in [3.05, 3.63) is 122 Å². The molecule has 0 bridgehead atoms. The van der Waals surface area contributed by atoms with Crippen LogP contribution in [0.4, 0.5) is 0 Å². The number of carbonyl (C=O) groups excluding carboxylic acids is 4. The molecule has 0 aliphatic rings. The number of unbranched alkanes of at least 4 members (excludes halogenated alkanes) is 30. The Morgan fingerprint density at radius 1 is 0.279 bits per heavy atom. The lowest BCUT2D eigenvalue weighted by atomic mass is 10.1. The molecule has 5 atom stereocenters. The molecule has 3 N–H and O–H groups in total. The molecule has 0 aromatic heterocycles. The van der Waals surface area contributed by atoms with Crippen LogP contribution in [0.3, 0.4) is 0 Å². The van der Waals surface area contributed by atoms with E-state index in [-0.39, 0.29) is 25.7 Å². The molecule has 0 saturated carbocycles. The summed E-state index contributed by atoms with van der Waals surface area (Å²) in [6, 6.07) is 0. The first kappa shape index (κ1) is 99.5. The molecule has 5 unspecified atom stereocenters. The quantitative estimate of drug-likeness (QED) is 0.0169. The molecule has 104 heavy (non-hydrogen) atoms. The van der Waals surface area contributed by atoms with Crippen molar-refractivity contribution < 1.29 is 80.2 Å². The Bertz CT molecular complexity index is 2440. The molecular formula is C85H146O17P2. The summed E-state index contributed by atoms with van der Waals surface area (Å²) in [5.74, 6) is -2.21. The molecule has 598 valence electrons. The fourth-order valence-electron chi connectivity index (χ4n) is 10.8. The van der Waals surface area contributed by atoms with Gasteiger partial charge in [0.25, 0.3) is 0 Å². The van der Waals surface area contributed by atoms with E-state index in [2.05, 4.69) is 149 Å². The zero-order valence-corrected chi connectivity index (χ0v) is 67.2. The summed E-state index contributed by atoms with van der Waals surface area (Å²) in [4.78, 5) is 73.0.